The molecule has 1 aliphatic rings. The molecule has 3 rings (SSSR count). The van der Waals surface area contributed by atoms with Crippen molar-refractivity contribution in [1.82, 2.24) is 9.13 Å². The Hall–Kier alpha value is -2.76. The lowest BCUT2D eigenvalue weighted by molar-refractivity contribution is 0.0961. The monoisotopic (exact) mass is 340 g/mol. The van der Waals surface area contributed by atoms with E-state index in [1.54, 1.807) is 13.8 Å². The Morgan fingerprint density at radius 1 is 0.840 bits per heavy atom. The summed E-state index contributed by atoms with van der Waals surface area (Å²) in [6.45, 7) is 5.67. The quantitative estimate of drug-likeness (QED) is 0.727. The van der Waals surface area contributed by atoms with Crippen molar-refractivity contribution in [2.75, 3.05) is 0 Å². The van der Waals surface area contributed by atoms with Gasteiger partial charge in [0.15, 0.2) is 5.78 Å². The van der Waals surface area contributed by atoms with Crippen molar-refractivity contribution in [2.24, 2.45) is 7.05 Å². The van der Waals surface area contributed by atoms with E-state index in [1.165, 1.54) is 28.3 Å². The van der Waals surface area contributed by atoms with Crippen LogP contribution in [0, 0.1) is 13.8 Å². The molecule has 0 aromatic carbocycles. The molecule has 0 fully saturated rings. The van der Waals surface area contributed by atoms with Gasteiger partial charge >= 0.3 is 0 Å². The summed E-state index contributed by atoms with van der Waals surface area (Å²) in [5, 5.41) is 0. The van der Waals surface area contributed by atoms with Gasteiger partial charge < -0.3 is 9.13 Å². The van der Waals surface area contributed by atoms with Crippen molar-refractivity contribution in [1.29, 1.82) is 0 Å². The van der Waals surface area contributed by atoms with E-state index in [9.17, 15) is 19.2 Å². The van der Waals surface area contributed by atoms with E-state index in [2.05, 4.69) is 0 Å². The number of carbonyl (C=O) groups is 2. The van der Waals surface area contributed by atoms with Crippen LogP contribution in [-0.2, 0) is 13.6 Å². The summed E-state index contributed by atoms with van der Waals surface area (Å²) in [6.07, 6.45) is 1.57. The van der Waals surface area contributed by atoms with Gasteiger partial charge in [-0.15, -0.1) is 0 Å². The Labute approximate surface area is 144 Å². The molecular formula is C19H20N2O4. The van der Waals surface area contributed by atoms with Crippen LogP contribution in [0.2, 0.25) is 0 Å². The number of pyridine rings is 2. The number of carbonyl (C=O) groups excluding carboxylic acids is 2. The molecule has 1 aliphatic carbocycles. The fraction of sp³-hybridized carbons (Fsp3) is 0.368. The van der Waals surface area contributed by atoms with Crippen LogP contribution in [-0.4, -0.2) is 20.7 Å². The Morgan fingerprint density at radius 3 is 2.00 bits per heavy atom. The Balaban J connectivity index is 2.42. The van der Waals surface area contributed by atoms with Gasteiger partial charge in [-0.1, -0.05) is 13.3 Å². The molecule has 2 aromatic heterocycles. The second kappa shape index (κ2) is 5.95. The first-order valence-electron chi connectivity index (χ1n) is 8.34. The fourth-order valence-corrected chi connectivity index (χ4v) is 3.44. The molecule has 0 bridgehead atoms. The highest BCUT2D eigenvalue weighted by Crippen LogP contribution is 2.29. The number of hydrogen-bond donors (Lipinski definition) is 0. The van der Waals surface area contributed by atoms with E-state index in [1.807, 2.05) is 6.92 Å². The highest BCUT2D eigenvalue weighted by Gasteiger charge is 2.37. The molecule has 130 valence electrons. The van der Waals surface area contributed by atoms with E-state index in [-0.39, 0.29) is 39.4 Å². The number of rotatable bonds is 3. The first-order valence-corrected chi connectivity index (χ1v) is 8.34. The number of fused-ring (bicyclic) bond motifs is 2. The van der Waals surface area contributed by atoms with Gasteiger partial charge in [0.1, 0.15) is 11.4 Å². The second-order valence-corrected chi connectivity index (χ2v) is 6.50. The number of hydrogen-bond acceptors (Lipinski definition) is 4. The first-order chi connectivity index (χ1) is 11.8. The molecule has 0 saturated heterocycles. The van der Waals surface area contributed by atoms with Crippen LogP contribution in [0.15, 0.2) is 21.7 Å². The highest BCUT2D eigenvalue weighted by atomic mass is 16.2. The molecule has 25 heavy (non-hydrogen) atoms. The molecule has 0 saturated carbocycles. The molecule has 0 atom stereocenters. The zero-order valence-corrected chi connectivity index (χ0v) is 14.8. The zero-order chi connectivity index (χ0) is 18.5. The van der Waals surface area contributed by atoms with Gasteiger partial charge in [0.25, 0.3) is 11.1 Å². The van der Waals surface area contributed by atoms with Gasteiger partial charge in [0.05, 0.1) is 11.1 Å². The number of aromatic nitrogens is 2. The Morgan fingerprint density at radius 2 is 1.40 bits per heavy atom. The highest BCUT2D eigenvalue weighted by molar-refractivity contribution is 6.28. The van der Waals surface area contributed by atoms with Crippen molar-refractivity contribution < 1.29 is 9.59 Å². The Kier molecular flexibility index (Phi) is 4.06. The third kappa shape index (κ3) is 2.40. The summed E-state index contributed by atoms with van der Waals surface area (Å²) in [5.74, 6) is -0.745. The number of aryl methyl sites for hydroxylation is 2. The molecular weight excluding hydrogens is 320 g/mol. The molecule has 0 spiro atoms. The SMILES string of the molecule is CCCCn1c2c(c(C)cc1=O)C(=O)c1c(C)cc(=O)n(C)c1C2=O. The minimum Gasteiger partial charge on any atom is -0.308 e. The molecule has 2 aromatic rings. The van der Waals surface area contributed by atoms with E-state index in [0.717, 1.165) is 12.8 Å². The van der Waals surface area contributed by atoms with Gasteiger partial charge in [-0.05, 0) is 31.4 Å². The standard InChI is InChI=1S/C19H20N2O4/c1-5-6-7-21-13(23)9-11(3)15-17(21)19(25)16-14(18(15)24)10(2)8-12(22)20(16)4/h8-9H,5-7H2,1-4H3. The third-order valence-corrected chi connectivity index (χ3v) is 4.76. The smallest absolute Gasteiger partial charge is 0.251 e. The van der Waals surface area contributed by atoms with Crippen LogP contribution in [0.4, 0.5) is 0 Å². The molecule has 0 unspecified atom stereocenters. The summed E-state index contributed by atoms with van der Waals surface area (Å²) in [5.41, 5.74) is 1.02. The van der Waals surface area contributed by atoms with E-state index in [0.29, 0.717) is 17.7 Å². The minimum absolute atomic E-state index is 0.0674. The maximum Gasteiger partial charge on any atom is 0.251 e. The molecule has 0 aliphatic heterocycles. The zero-order valence-electron chi connectivity index (χ0n) is 14.8. The minimum atomic E-state index is -0.440. The second-order valence-electron chi connectivity index (χ2n) is 6.50. The molecule has 6 nitrogen and oxygen atoms in total. The summed E-state index contributed by atoms with van der Waals surface area (Å²) in [4.78, 5) is 50.8. The van der Waals surface area contributed by atoms with Crippen molar-refractivity contribution in [3.8, 4) is 0 Å². The lowest BCUT2D eigenvalue weighted by atomic mass is 9.85. The van der Waals surface area contributed by atoms with Gasteiger partial charge in [-0.3, -0.25) is 19.2 Å². The van der Waals surface area contributed by atoms with Crippen LogP contribution in [0.3, 0.4) is 0 Å². The molecule has 0 amide bonds. The van der Waals surface area contributed by atoms with Crippen molar-refractivity contribution in [2.45, 2.75) is 40.2 Å². The Bertz CT molecular complexity index is 1040. The van der Waals surface area contributed by atoms with Crippen LogP contribution in [0.5, 0.6) is 0 Å². The number of nitrogens with zero attached hydrogens (tertiary/aromatic N) is 2. The van der Waals surface area contributed by atoms with Gasteiger partial charge in [-0.2, -0.15) is 0 Å². The maximum atomic E-state index is 13.2. The van der Waals surface area contributed by atoms with Crippen LogP contribution in [0.25, 0.3) is 0 Å². The topological polar surface area (TPSA) is 78.1 Å². The summed E-state index contributed by atoms with van der Waals surface area (Å²) >= 11 is 0. The average Bonchev–Trinajstić information content (AvgIpc) is 2.54. The fourth-order valence-electron chi connectivity index (χ4n) is 3.44. The third-order valence-electron chi connectivity index (χ3n) is 4.76. The van der Waals surface area contributed by atoms with Crippen LogP contribution >= 0.6 is 0 Å². The molecule has 0 radical (unpaired) electrons. The lowest BCUT2D eigenvalue weighted by Crippen LogP contribution is -2.38. The van der Waals surface area contributed by atoms with Gasteiger partial charge in [-0.25, -0.2) is 0 Å². The maximum absolute atomic E-state index is 13.2. The van der Waals surface area contributed by atoms with Crippen LogP contribution < -0.4 is 11.1 Å². The van der Waals surface area contributed by atoms with E-state index >= 15 is 0 Å². The summed E-state index contributed by atoms with van der Waals surface area (Å²) in [7, 11) is 1.47. The predicted octanol–water partition coefficient (Wildman–Crippen LogP) is 1.74. The average molecular weight is 340 g/mol. The van der Waals surface area contributed by atoms with Gasteiger partial charge in [0, 0.05) is 25.7 Å². The number of unbranched alkanes of at least 4 members (excludes halogenated alkanes) is 1. The largest absolute Gasteiger partial charge is 0.308 e. The van der Waals surface area contributed by atoms with Crippen molar-refractivity contribution >= 4 is 11.6 Å². The molecule has 0 N–H and O–H groups in total. The van der Waals surface area contributed by atoms with E-state index in [4.69, 9.17) is 0 Å². The molecule has 6 heteroatoms. The predicted molar refractivity (Wildman–Crippen MR) is 93.6 cm³/mol. The normalized spacial score (nSPS) is 13.0. The van der Waals surface area contributed by atoms with Crippen molar-refractivity contribution in [3.05, 3.63) is 66.5 Å². The molecule has 2 heterocycles. The summed E-state index contributed by atoms with van der Waals surface area (Å²) in [6, 6.07) is 2.76. The number of ketones is 2. The lowest BCUT2D eigenvalue weighted by Gasteiger charge is -2.25. The van der Waals surface area contributed by atoms with Crippen molar-refractivity contribution in [3.63, 3.8) is 0 Å². The van der Waals surface area contributed by atoms with Gasteiger partial charge in [0.2, 0.25) is 5.78 Å². The first kappa shape index (κ1) is 17.1. The summed E-state index contributed by atoms with van der Waals surface area (Å²) < 4.78 is 2.57. The van der Waals surface area contributed by atoms with Crippen LogP contribution in [0.1, 0.15) is 63.0 Å². The van der Waals surface area contributed by atoms with E-state index < -0.39 is 5.78 Å².